The van der Waals surface area contributed by atoms with Crippen LogP contribution in [0.1, 0.15) is 6.42 Å². The van der Waals surface area contributed by atoms with Crippen LogP contribution in [0.3, 0.4) is 0 Å². The van der Waals surface area contributed by atoms with Crippen molar-refractivity contribution in [3.8, 4) is 0 Å². The number of hydrogen-bond donors (Lipinski definition) is 1. The Balaban J connectivity index is 5.40. The molecular formula is C6H5F9O3S. The Kier molecular flexibility index (Phi) is 4.50. The van der Waals surface area contributed by atoms with E-state index in [9.17, 15) is 47.9 Å². The Labute approximate surface area is 99.7 Å². The normalized spacial score (nSPS) is 15.7. The molecule has 0 atom stereocenters. The summed E-state index contributed by atoms with van der Waals surface area (Å²) in [5.74, 6) is -22.0. The van der Waals surface area contributed by atoms with Crippen LogP contribution < -0.4 is 0 Å². The zero-order valence-electron chi connectivity index (χ0n) is 8.49. The average molecular weight is 330 g/mol. The van der Waals surface area contributed by atoms with Crippen LogP contribution in [0.4, 0.5) is 39.5 Å². The first kappa shape index (κ1) is 18.3. The Bertz CT molecular complexity index is 424. The fourth-order valence-electron chi connectivity index (χ4n) is 0.822. The smallest absolute Gasteiger partial charge is 0.286 e. The van der Waals surface area contributed by atoms with E-state index in [2.05, 4.69) is 0 Å². The lowest BCUT2D eigenvalue weighted by Crippen LogP contribution is -2.61. The standard InChI is InChI=1S/C6H5F9O3S/c7-3(8,1-2-19(16,17)18)4(9,10)5(11,12)6(13,14)15/h1-2H2,(H,16,17,18)/i1+1,2+1. The van der Waals surface area contributed by atoms with Crippen LogP contribution in [-0.4, -0.2) is 42.7 Å². The van der Waals surface area contributed by atoms with Gasteiger partial charge in [0.15, 0.2) is 0 Å². The molecule has 13 heteroatoms. The van der Waals surface area contributed by atoms with Crippen molar-refractivity contribution in [2.24, 2.45) is 0 Å². The van der Waals surface area contributed by atoms with Crippen molar-refractivity contribution in [3.05, 3.63) is 0 Å². The summed E-state index contributed by atoms with van der Waals surface area (Å²) in [6.45, 7) is 0. The fourth-order valence-corrected chi connectivity index (χ4v) is 1.34. The zero-order chi connectivity index (χ0) is 15.9. The van der Waals surface area contributed by atoms with Crippen molar-refractivity contribution in [3.63, 3.8) is 0 Å². The van der Waals surface area contributed by atoms with E-state index in [1.165, 1.54) is 0 Å². The Morgan fingerprint density at radius 2 is 1.16 bits per heavy atom. The fraction of sp³-hybridized carbons (Fsp3) is 1.00. The third kappa shape index (κ3) is 3.64. The van der Waals surface area contributed by atoms with Gasteiger partial charge in [-0.15, -0.1) is 0 Å². The van der Waals surface area contributed by atoms with Crippen LogP contribution in [0.15, 0.2) is 0 Å². The molecule has 0 saturated heterocycles. The highest BCUT2D eigenvalue weighted by atomic mass is 32.2. The second-order valence-electron chi connectivity index (χ2n) is 3.39. The maximum atomic E-state index is 12.7. The maximum Gasteiger partial charge on any atom is 0.460 e. The van der Waals surface area contributed by atoms with E-state index >= 15 is 0 Å². The first-order valence-corrected chi connectivity index (χ1v) is 5.72. The number of rotatable bonds is 5. The van der Waals surface area contributed by atoms with Crippen LogP contribution in [0.2, 0.25) is 0 Å². The Morgan fingerprint density at radius 1 is 0.789 bits per heavy atom. The van der Waals surface area contributed by atoms with Crippen molar-refractivity contribution in [2.75, 3.05) is 5.75 Å². The summed E-state index contributed by atoms with van der Waals surface area (Å²) in [5.41, 5.74) is 0. The molecule has 0 aliphatic carbocycles. The summed E-state index contributed by atoms with van der Waals surface area (Å²) in [4.78, 5) is 0. The molecule has 0 aromatic rings. The molecular weight excluding hydrogens is 325 g/mol. The van der Waals surface area contributed by atoms with Crippen LogP contribution in [0.5, 0.6) is 0 Å². The van der Waals surface area contributed by atoms with Crippen molar-refractivity contribution in [1.82, 2.24) is 0 Å². The van der Waals surface area contributed by atoms with E-state index < -0.39 is 46.2 Å². The molecule has 0 radical (unpaired) electrons. The molecule has 0 aliphatic heterocycles. The second-order valence-corrected chi connectivity index (χ2v) is 4.96. The van der Waals surface area contributed by atoms with Gasteiger partial charge in [-0.3, -0.25) is 4.55 Å². The monoisotopic (exact) mass is 330 g/mol. The summed E-state index contributed by atoms with van der Waals surface area (Å²) in [6, 6.07) is 0. The van der Waals surface area contributed by atoms with Crippen molar-refractivity contribution in [1.29, 1.82) is 0 Å². The minimum Gasteiger partial charge on any atom is -0.286 e. The molecule has 19 heavy (non-hydrogen) atoms. The lowest BCUT2D eigenvalue weighted by molar-refractivity contribution is -0.396. The molecule has 0 unspecified atom stereocenters. The predicted molar refractivity (Wildman–Crippen MR) is 41.9 cm³/mol. The summed E-state index contributed by atoms with van der Waals surface area (Å²) in [6.07, 6.45) is -9.57. The highest BCUT2D eigenvalue weighted by Crippen LogP contribution is 2.53. The minimum atomic E-state index is -7.07. The van der Waals surface area contributed by atoms with Gasteiger partial charge < -0.3 is 0 Å². The molecule has 0 heterocycles. The second kappa shape index (κ2) is 4.68. The zero-order valence-corrected chi connectivity index (χ0v) is 9.30. The lowest BCUT2D eigenvalue weighted by atomic mass is 10.1. The van der Waals surface area contributed by atoms with Gasteiger partial charge in [-0.2, -0.15) is 47.9 Å². The van der Waals surface area contributed by atoms with E-state index in [1.807, 2.05) is 0 Å². The van der Waals surface area contributed by atoms with Gasteiger partial charge in [0.25, 0.3) is 10.1 Å². The van der Waals surface area contributed by atoms with E-state index in [0.717, 1.165) is 0 Å². The van der Waals surface area contributed by atoms with Gasteiger partial charge in [-0.1, -0.05) is 0 Å². The topological polar surface area (TPSA) is 54.4 Å². The first-order chi connectivity index (χ1) is 7.96. The van der Waals surface area contributed by atoms with E-state index in [1.54, 1.807) is 0 Å². The summed E-state index contributed by atoms with van der Waals surface area (Å²) in [5, 5.41) is 0. The third-order valence-corrected chi connectivity index (χ3v) is 2.60. The minimum absolute atomic E-state index is 2.11. The number of hydrogen-bond acceptors (Lipinski definition) is 2. The highest BCUT2D eigenvalue weighted by Gasteiger charge is 2.81. The number of halogens is 9. The molecule has 1 N–H and O–H groups in total. The van der Waals surface area contributed by atoms with Crippen molar-refractivity contribution in [2.45, 2.75) is 30.4 Å². The molecule has 0 aromatic carbocycles. The van der Waals surface area contributed by atoms with Crippen molar-refractivity contribution >= 4 is 10.1 Å². The summed E-state index contributed by atoms with van der Waals surface area (Å²) < 4.78 is 138. The molecule has 0 spiro atoms. The SMILES string of the molecule is O=S(=O)(O)[13CH2][13CH2]C(F)(F)C(F)(F)C(F)(F)C(F)(F)F. The number of alkyl halides is 9. The van der Waals surface area contributed by atoms with Gasteiger partial charge in [-0.25, -0.2) is 0 Å². The van der Waals surface area contributed by atoms with Gasteiger partial charge in [0, 0.05) is 6.42 Å². The van der Waals surface area contributed by atoms with Gasteiger partial charge in [0.1, 0.15) is 0 Å². The van der Waals surface area contributed by atoms with Gasteiger partial charge in [0.2, 0.25) is 0 Å². The third-order valence-electron chi connectivity index (χ3n) is 1.88. The van der Waals surface area contributed by atoms with E-state index in [4.69, 9.17) is 4.55 Å². The molecule has 0 amide bonds. The van der Waals surface area contributed by atoms with Gasteiger partial charge in [0.05, 0.1) is 5.75 Å². The highest BCUT2D eigenvalue weighted by molar-refractivity contribution is 7.85. The predicted octanol–water partition coefficient (Wildman–Crippen LogP) is 2.73. The first-order valence-electron chi connectivity index (χ1n) is 4.11. The van der Waals surface area contributed by atoms with Crippen LogP contribution in [-0.2, 0) is 10.1 Å². The molecule has 3 nitrogen and oxygen atoms in total. The average Bonchev–Trinajstić information content (AvgIpc) is 2.11. The van der Waals surface area contributed by atoms with Crippen molar-refractivity contribution < 1.29 is 52.5 Å². The van der Waals surface area contributed by atoms with Crippen LogP contribution in [0, 0.1) is 0 Å². The molecule has 0 saturated carbocycles. The van der Waals surface area contributed by atoms with Gasteiger partial charge in [-0.05, 0) is 0 Å². The summed E-state index contributed by atoms with van der Waals surface area (Å²) in [7, 11) is -5.24. The Hall–Kier alpha value is -0.720. The quantitative estimate of drug-likeness (QED) is 0.479. The largest absolute Gasteiger partial charge is 0.460 e. The van der Waals surface area contributed by atoms with Gasteiger partial charge >= 0.3 is 23.9 Å². The van der Waals surface area contributed by atoms with Crippen LogP contribution >= 0.6 is 0 Å². The molecule has 0 fully saturated rings. The van der Waals surface area contributed by atoms with Crippen LogP contribution in [0.25, 0.3) is 0 Å². The van der Waals surface area contributed by atoms with E-state index in [0.29, 0.717) is 0 Å². The molecule has 0 aromatic heterocycles. The lowest BCUT2D eigenvalue weighted by Gasteiger charge is -2.33. The molecule has 0 bridgehead atoms. The Morgan fingerprint density at radius 3 is 1.42 bits per heavy atom. The molecule has 0 aliphatic rings. The molecule has 0 rings (SSSR count). The maximum absolute atomic E-state index is 12.7. The molecule has 116 valence electrons. The summed E-state index contributed by atoms with van der Waals surface area (Å²) >= 11 is 0. The van der Waals surface area contributed by atoms with E-state index in [-0.39, 0.29) is 0 Å².